The van der Waals surface area contributed by atoms with Crippen LogP contribution in [0.5, 0.6) is 0 Å². The molecule has 0 radical (unpaired) electrons. The fraction of sp³-hybridized carbons (Fsp3) is 0.333. The van der Waals surface area contributed by atoms with Gasteiger partial charge in [-0.15, -0.1) is 6.42 Å². The van der Waals surface area contributed by atoms with Gasteiger partial charge in [-0.1, -0.05) is 5.92 Å². The summed E-state index contributed by atoms with van der Waals surface area (Å²) in [5.41, 5.74) is 5.08. The highest BCUT2D eigenvalue weighted by atomic mass is 16.3. The highest BCUT2D eigenvalue weighted by molar-refractivity contribution is 5.89. The molecular formula is C12H16N4O2. The first-order valence-electron chi connectivity index (χ1n) is 5.51. The molecule has 0 saturated carbocycles. The quantitative estimate of drug-likeness (QED) is 0.390. The van der Waals surface area contributed by atoms with Gasteiger partial charge in [0, 0.05) is 6.54 Å². The average Bonchev–Trinajstić information content (AvgIpc) is 2.81. The number of nitrogens with one attached hydrogen (secondary N) is 2. The summed E-state index contributed by atoms with van der Waals surface area (Å²) in [6.07, 6.45) is 5.15. The number of nitrogens with zero attached hydrogens (tertiary/aromatic N) is 1. The van der Waals surface area contributed by atoms with Crippen LogP contribution in [-0.2, 0) is 6.54 Å². The number of aliphatic imine (C=N–C) groups is 1. The van der Waals surface area contributed by atoms with E-state index in [0.717, 1.165) is 6.54 Å². The molecule has 1 aromatic rings. The number of terminal acetylenes is 1. The minimum Gasteiger partial charge on any atom is -0.454 e. The van der Waals surface area contributed by atoms with Gasteiger partial charge in [0.2, 0.25) is 0 Å². The zero-order valence-electron chi connectivity index (χ0n) is 10.2. The lowest BCUT2D eigenvalue weighted by Crippen LogP contribution is -2.37. The van der Waals surface area contributed by atoms with Crippen LogP contribution in [0.15, 0.2) is 21.5 Å². The van der Waals surface area contributed by atoms with Gasteiger partial charge in [0.05, 0.1) is 6.54 Å². The van der Waals surface area contributed by atoms with Crippen molar-refractivity contribution in [2.75, 3.05) is 13.1 Å². The summed E-state index contributed by atoms with van der Waals surface area (Å²) >= 11 is 0. The number of amides is 1. The molecule has 6 heteroatoms. The molecule has 1 aromatic heterocycles. The maximum absolute atomic E-state index is 10.8. The van der Waals surface area contributed by atoms with Crippen molar-refractivity contribution < 1.29 is 9.21 Å². The highest BCUT2D eigenvalue weighted by Gasteiger charge is 2.06. The molecule has 0 aliphatic heterocycles. The zero-order chi connectivity index (χ0) is 13.4. The highest BCUT2D eigenvalue weighted by Crippen LogP contribution is 2.08. The van der Waals surface area contributed by atoms with Crippen LogP contribution in [0.1, 0.15) is 23.2 Å². The Bertz CT molecular complexity index is 471. The van der Waals surface area contributed by atoms with E-state index in [9.17, 15) is 4.79 Å². The molecule has 6 nitrogen and oxygen atoms in total. The average molecular weight is 248 g/mol. The predicted molar refractivity (Wildman–Crippen MR) is 68.9 cm³/mol. The third-order valence-corrected chi connectivity index (χ3v) is 2.00. The second kappa shape index (κ2) is 7.01. The van der Waals surface area contributed by atoms with E-state index < -0.39 is 5.91 Å². The van der Waals surface area contributed by atoms with E-state index in [1.807, 2.05) is 6.92 Å². The molecule has 0 unspecified atom stereocenters. The van der Waals surface area contributed by atoms with E-state index in [1.54, 1.807) is 6.07 Å². The number of rotatable bonds is 5. The summed E-state index contributed by atoms with van der Waals surface area (Å²) in [6.45, 7) is 3.36. The standard InChI is InChI=1S/C12H16N4O2/c1-3-7-15-12(14-4-2)16-8-9-5-6-10(18-9)11(13)17/h1,5-6H,4,7-8H2,2H3,(H2,13,17)(H2,14,15,16). The molecule has 0 spiro atoms. The lowest BCUT2D eigenvalue weighted by molar-refractivity contribution is 0.0972. The van der Waals surface area contributed by atoms with Gasteiger partial charge < -0.3 is 20.8 Å². The summed E-state index contributed by atoms with van der Waals surface area (Å²) in [5, 5.41) is 5.97. The molecule has 1 rings (SSSR count). The molecule has 0 bridgehead atoms. The predicted octanol–water partition coefficient (Wildman–Crippen LogP) is 0.0668. The third-order valence-electron chi connectivity index (χ3n) is 2.00. The number of guanidine groups is 1. The van der Waals surface area contributed by atoms with Crippen molar-refractivity contribution in [3.05, 3.63) is 23.7 Å². The van der Waals surface area contributed by atoms with E-state index in [2.05, 4.69) is 21.5 Å². The fourth-order valence-electron chi connectivity index (χ4n) is 1.23. The number of hydrogen-bond donors (Lipinski definition) is 3. The van der Waals surface area contributed by atoms with Crippen LogP contribution in [0.3, 0.4) is 0 Å². The monoisotopic (exact) mass is 248 g/mol. The summed E-state index contributed by atoms with van der Waals surface area (Å²) in [5.74, 6) is 3.14. The van der Waals surface area contributed by atoms with Crippen LogP contribution in [0.2, 0.25) is 0 Å². The molecule has 0 aliphatic rings. The van der Waals surface area contributed by atoms with Crippen LogP contribution >= 0.6 is 0 Å². The van der Waals surface area contributed by atoms with E-state index >= 15 is 0 Å². The van der Waals surface area contributed by atoms with Crippen LogP contribution < -0.4 is 16.4 Å². The van der Waals surface area contributed by atoms with Gasteiger partial charge in [-0.2, -0.15) is 0 Å². The minimum atomic E-state index is -0.595. The maximum Gasteiger partial charge on any atom is 0.284 e. The van der Waals surface area contributed by atoms with Crippen molar-refractivity contribution in [3.63, 3.8) is 0 Å². The van der Waals surface area contributed by atoms with Gasteiger partial charge in [0.1, 0.15) is 12.3 Å². The SMILES string of the molecule is C#CCNC(=NCc1ccc(C(N)=O)o1)NCC. The second-order valence-electron chi connectivity index (χ2n) is 3.38. The van der Waals surface area contributed by atoms with E-state index in [4.69, 9.17) is 16.6 Å². The zero-order valence-corrected chi connectivity index (χ0v) is 10.2. The van der Waals surface area contributed by atoms with E-state index in [1.165, 1.54) is 6.07 Å². The largest absolute Gasteiger partial charge is 0.454 e. The Hall–Kier alpha value is -2.42. The molecule has 0 atom stereocenters. The Morgan fingerprint density at radius 1 is 1.56 bits per heavy atom. The van der Waals surface area contributed by atoms with Gasteiger partial charge >= 0.3 is 0 Å². The topological polar surface area (TPSA) is 92.6 Å². The lowest BCUT2D eigenvalue weighted by Gasteiger charge is -2.07. The Labute approximate surface area is 106 Å². The molecule has 0 fully saturated rings. The van der Waals surface area contributed by atoms with Crippen molar-refractivity contribution in [2.45, 2.75) is 13.5 Å². The first kappa shape index (κ1) is 13.6. The molecule has 18 heavy (non-hydrogen) atoms. The molecule has 0 saturated heterocycles. The number of primary amides is 1. The van der Waals surface area contributed by atoms with Gasteiger partial charge in [-0.25, -0.2) is 4.99 Å². The van der Waals surface area contributed by atoms with Crippen molar-refractivity contribution in [1.29, 1.82) is 0 Å². The van der Waals surface area contributed by atoms with Crippen molar-refractivity contribution in [3.8, 4) is 12.3 Å². The molecule has 0 aromatic carbocycles. The normalized spacial score (nSPS) is 10.8. The summed E-state index contributed by atoms with van der Waals surface area (Å²) in [6, 6.07) is 3.18. The van der Waals surface area contributed by atoms with Crippen LogP contribution in [0.25, 0.3) is 0 Å². The van der Waals surface area contributed by atoms with Crippen LogP contribution in [-0.4, -0.2) is 25.0 Å². The van der Waals surface area contributed by atoms with E-state index in [-0.39, 0.29) is 5.76 Å². The summed E-state index contributed by atoms with van der Waals surface area (Å²) in [7, 11) is 0. The van der Waals surface area contributed by atoms with E-state index in [0.29, 0.717) is 24.8 Å². The molecule has 1 heterocycles. The van der Waals surface area contributed by atoms with Gasteiger partial charge in [-0.05, 0) is 19.1 Å². The van der Waals surface area contributed by atoms with Gasteiger partial charge in [0.15, 0.2) is 11.7 Å². The van der Waals surface area contributed by atoms with Gasteiger partial charge in [-0.3, -0.25) is 4.79 Å². The number of carbonyl (C=O) groups is 1. The lowest BCUT2D eigenvalue weighted by atomic mass is 10.4. The Morgan fingerprint density at radius 3 is 2.89 bits per heavy atom. The molecule has 96 valence electrons. The Kier molecular flexibility index (Phi) is 5.32. The molecule has 0 aliphatic carbocycles. The minimum absolute atomic E-state index is 0.127. The van der Waals surface area contributed by atoms with Gasteiger partial charge in [0.25, 0.3) is 5.91 Å². The number of carbonyl (C=O) groups excluding carboxylic acids is 1. The Balaban J connectivity index is 2.62. The number of nitrogens with two attached hydrogens (primary N) is 1. The first-order valence-corrected chi connectivity index (χ1v) is 5.51. The molecular weight excluding hydrogens is 232 g/mol. The summed E-state index contributed by atoms with van der Waals surface area (Å²) < 4.78 is 5.20. The first-order chi connectivity index (χ1) is 8.67. The molecule has 4 N–H and O–H groups in total. The number of hydrogen-bond acceptors (Lipinski definition) is 3. The van der Waals surface area contributed by atoms with Crippen molar-refractivity contribution in [2.24, 2.45) is 10.7 Å². The van der Waals surface area contributed by atoms with Crippen molar-refractivity contribution in [1.82, 2.24) is 10.6 Å². The van der Waals surface area contributed by atoms with Crippen LogP contribution in [0.4, 0.5) is 0 Å². The maximum atomic E-state index is 10.8. The summed E-state index contributed by atoms with van der Waals surface area (Å²) in [4.78, 5) is 15.1. The smallest absolute Gasteiger partial charge is 0.284 e. The second-order valence-corrected chi connectivity index (χ2v) is 3.38. The Morgan fingerprint density at radius 2 is 2.33 bits per heavy atom. The van der Waals surface area contributed by atoms with Crippen LogP contribution in [0, 0.1) is 12.3 Å². The fourth-order valence-corrected chi connectivity index (χ4v) is 1.23. The molecule has 1 amide bonds. The third kappa shape index (κ3) is 4.22. The number of furan rings is 1. The van der Waals surface area contributed by atoms with Crippen molar-refractivity contribution >= 4 is 11.9 Å².